The Labute approximate surface area is 173 Å². The number of ether oxygens (including phenoxy) is 1. The molecule has 1 fully saturated rings. The van der Waals surface area contributed by atoms with E-state index in [9.17, 15) is 5.26 Å². The highest BCUT2D eigenvalue weighted by atomic mass is 16.5. The maximum absolute atomic E-state index is 9.51. The summed E-state index contributed by atoms with van der Waals surface area (Å²) in [7, 11) is 1.58. The third kappa shape index (κ3) is 3.20. The highest BCUT2D eigenvalue weighted by molar-refractivity contribution is 5.92. The Morgan fingerprint density at radius 3 is 2.73 bits per heavy atom. The lowest BCUT2D eigenvalue weighted by Crippen LogP contribution is -2.11. The molecule has 0 saturated heterocycles. The summed E-state index contributed by atoms with van der Waals surface area (Å²) in [5.41, 5.74) is 2.19. The molecule has 0 bridgehead atoms. The molecule has 0 amide bonds. The first-order valence-corrected chi connectivity index (χ1v) is 9.67. The number of fused-ring (bicyclic) bond motifs is 1. The molecule has 30 heavy (non-hydrogen) atoms. The molecular formula is C22H19N7O. The smallest absolute Gasteiger partial charge is 0.183 e. The van der Waals surface area contributed by atoms with Gasteiger partial charge in [0.2, 0.25) is 0 Å². The fourth-order valence-corrected chi connectivity index (χ4v) is 3.45. The van der Waals surface area contributed by atoms with Crippen molar-refractivity contribution < 1.29 is 4.74 Å². The normalized spacial score (nSPS) is 14.3. The third-order valence-electron chi connectivity index (χ3n) is 5.33. The Bertz CT molecular complexity index is 1260. The molecule has 0 atom stereocenters. The molecule has 0 radical (unpaired) electrons. The average Bonchev–Trinajstić information content (AvgIpc) is 3.48. The summed E-state index contributed by atoms with van der Waals surface area (Å²) in [6.07, 6.45) is 6.86. The van der Waals surface area contributed by atoms with Gasteiger partial charge in [-0.15, -0.1) is 0 Å². The number of hydrogen-bond acceptors (Lipinski definition) is 7. The van der Waals surface area contributed by atoms with Crippen LogP contribution in [0.3, 0.4) is 0 Å². The Balaban J connectivity index is 1.58. The zero-order valence-electron chi connectivity index (χ0n) is 16.4. The first kappa shape index (κ1) is 18.1. The summed E-state index contributed by atoms with van der Waals surface area (Å²) >= 11 is 0. The van der Waals surface area contributed by atoms with Crippen LogP contribution >= 0.6 is 0 Å². The fraction of sp³-hybridized carbons (Fsp3) is 0.227. The zero-order valence-corrected chi connectivity index (χ0v) is 16.4. The molecule has 0 spiro atoms. The molecule has 5 rings (SSSR count). The minimum atomic E-state index is -0.305. The van der Waals surface area contributed by atoms with Gasteiger partial charge in [-0.05, 0) is 31.0 Å². The van der Waals surface area contributed by atoms with E-state index >= 15 is 0 Å². The van der Waals surface area contributed by atoms with Gasteiger partial charge < -0.3 is 10.1 Å². The van der Waals surface area contributed by atoms with E-state index in [-0.39, 0.29) is 5.41 Å². The Morgan fingerprint density at radius 1 is 1.20 bits per heavy atom. The van der Waals surface area contributed by atoms with E-state index in [4.69, 9.17) is 14.8 Å². The van der Waals surface area contributed by atoms with E-state index < -0.39 is 0 Å². The molecule has 0 aliphatic heterocycles. The predicted octanol–water partition coefficient (Wildman–Crippen LogP) is 3.94. The Kier molecular flexibility index (Phi) is 4.29. The molecule has 1 N–H and O–H groups in total. The van der Waals surface area contributed by atoms with E-state index in [0.29, 0.717) is 29.6 Å². The van der Waals surface area contributed by atoms with Crippen molar-refractivity contribution in [3.05, 3.63) is 55.0 Å². The second kappa shape index (κ2) is 7.12. The summed E-state index contributed by atoms with van der Waals surface area (Å²) in [4.78, 5) is 13.2. The lowest BCUT2D eigenvalue weighted by atomic mass is 10.1. The minimum absolute atomic E-state index is 0.305. The van der Waals surface area contributed by atoms with Crippen molar-refractivity contribution in [1.82, 2.24) is 24.7 Å². The number of rotatable bonds is 6. The first-order chi connectivity index (χ1) is 14.7. The molecule has 0 unspecified atom stereocenters. The number of benzene rings is 1. The van der Waals surface area contributed by atoms with Gasteiger partial charge in [0.05, 0.1) is 36.9 Å². The maximum Gasteiger partial charge on any atom is 0.183 e. The summed E-state index contributed by atoms with van der Waals surface area (Å²) < 4.78 is 7.33. The van der Waals surface area contributed by atoms with Gasteiger partial charge in [-0.1, -0.05) is 18.2 Å². The topological polar surface area (TPSA) is 102 Å². The van der Waals surface area contributed by atoms with Gasteiger partial charge in [0.25, 0.3) is 0 Å². The molecule has 8 nitrogen and oxygen atoms in total. The summed E-state index contributed by atoms with van der Waals surface area (Å²) in [6.45, 7) is 0.572. The minimum Gasteiger partial charge on any atom is -0.491 e. The number of methoxy groups -OCH3 is 1. The van der Waals surface area contributed by atoms with Crippen LogP contribution in [0.25, 0.3) is 22.4 Å². The van der Waals surface area contributed by atoms with Crippen LogP contribution < -0.4 is 10.1 Å². The summed E-state index contributed by atoms with van der Waals surface area (Å²) in [5, 5.41) is 18.5. The van der Waals surface area contributed by atoms with Gasteiger partial charge in [-0.25, -0.2) is 9.97 Å². The van der Waals surface area contributed by atoms with Crippen molar-refractivity contribution in [2.45, 2.75) is 19.4 Å². The van der Waals surface area contributed by atoms with E-state index in [1.54, 1.807) is 25.7 Å². The van der Waals surface area contributed by atoms with E-state index in [2.05, 4.69) is 21.4 Å². The van der Waals surface area contributed by atoms with Crippen LogP contribution in [0.5, 0.6) is 5.75 Å². The van der Waals surface area contributed by atoms with Crippen molar-refractivity contribution in [3.8, 4) is 23.3 Å². The molecule has 1 aromatic carbocycles. The zero-order chi connectivity index (χ0) is 20.6. The molecule has 1 aliphatic carbocycles. The van der Waals surface area contributed by atoms with E-state index in [0.717, 1.165) is 29.4 Å². The number of aromatic nitrogens is 5. The largest absolute Gasteiger partial charge is 0.491 e. The van der Waals surface area contributed by atoms with Gasteiger partial charge >= 0.3 is 0 Å². The predicted molar refractivity (Wildman–Crippen MR) is 112 cm³/mol. The van der Waals surface area contributed by atoms with Crippen LogP contribution in [0.1, 0.15) is 12.8 Å². The lowest BCUT2D eigenvalue weighted by molar-refractivity contribution is 0.413. The molecule has 3 heterocycles. The van der Waals surface area contributed by atoms with Crippen LogP contribution in [0.4, 0.5) is 11.5 Å². The van der Waals surface area contributed by atoms with Crippen LogP contribution in [0.2, 0.25) is 0 Å². The van der Waals surface area contributed by atoms with Crippen LogP contribution in [0.15, 0.2) is 55.0 Å². The molecular weight excluding hydrogens is 378 g/mol. The van der Waals surface area contributed by atoms with Crippen molar-refractivity contribution in [3.63, 3.8) is 0 Å². The van der Waals surface area contributed by atoms with Crippen LogP contribution in [-0.2, 0) is 6.54 Å². The number of hydrogen-bond donors (Lipinski definition) is 1. The lowest BCUT2D eigenvalue weighted by Gasteiger charge is -2.10. The quantitative estimate of drug-likeness (QED) is 0.526. The van der Waals surface area contributed by atoms with Gasteiger partial charge in [0.15, 0.2) is 17.4 Å². The highest BCUT2D eigenvalue weighted by Crippen LogP contribution is 2.47. The monoisotopic (exact) mass is 397 g/mol. The standard InChI is InChI=1S/C22H19N7O/c1-30-18-12-25-21(27-20(18)26-15-6-10-24-11-7-15)19-16-4-2-3-5-17(16)29(28-19)14-22(13-23)8-9-22/h2-7,10-12H,8-9,14H2,1H3,(H,24,25,26,27). The fourth-order valence-electron chi connectivity index (χ4n) is 3.45. The number of anilines is 2. The molecule has 8 heteroatoms. The first-order valence-electron chi connectivity index (χ1n) is 9.67. The number of nitriles is 1. The Hall–Kier alpha value is -3.99. The van der Waals surface area contributed by atoms with Crippen molar-refractivity contribution >= 4 is 22.4 Å². The highest BCUT2D eigenvalue weighted by Gasteiger charge is 2.44. The number of nitrogens with zero attached hydrogens (tertiary/aromatic N) is 6. The van der Waals surface area contributed by atoms with Crippen molar-refractivity contribution in [2.75, 3.05) is 12.4 Å². The number of pyridine rings is 1. The third-order valence-corrected chi connectivity index (χ3v) is 5.33. The van der Waals surface area contributed by atoms with Gasteiger partial charge in [-0.3, -0.25) is 9.67 Å². The second-order valence-electron chi connectivity index (χ2n) is 7.39. The van der Waals surface area contributed by atoms with Gasteiger partial charge in [0.1, 0.15) is 5.69 Å². The van der Waals surface area contributed by atoms with Gasteiger partial charge in [0, 0.05) is 23.5 Å². The van der Waals surface area contributed by atoms with Crippen molar-refractivity contribution in [2.24, 2.45) is 5.41 Å². The Morgan fingerprint density at radius 2 is 2.00 bits per heavy atom. The van der Waals surface area contributed by atoms with Crippen LogP contribution in [-0.4, -0.2) is 31.8 Å². The number of para-hydroxylation sites is 1. The summed E-state index contributed by atoms with van der Waals surface area (Å²) in [5.74, 6) is 1.56. The molecule has 1 aliphatic rings. The van der Waals surface area contributed by atoms with Gasteiger partial charge in [-0.2, -0.15) is 10.4 Å². The van der Waals surface area contributed by atoms with Crippen LogP contribution in [0, 0.1) is 16.7 Å². The molecule has 3 aromatic heterocycles. The summed E-state index contributed by atoms with van der Waals surface area (Å²) in [6, 6.07) is 14.1. The maximum atomic E-state index is 9.51. The number of nitrogens with one attached hydrogen (secondary N) is 1. The van der Waals surface area contributed by atoms with E-state index in [1.807, 2.05) is 41.1 Å². The van der Waals surface area contributed by atoms with Crippen molar-refractivity contribution in [1.29, 1.82) is 5.26 Å². The van der Waals surface area contributed by atoms with E-state index in [1.165, 1.54) is 0 Å². The SMILES string of the molecule is COc1cnc(-c2nn(CC3(C#N)CC3)c3ccccc23)nc1Nc1ccncc1. The molecule has 148 valence electrons. The molecule has 1 saturated carbocycles. The second-order valence-corrected chi connectivity index (χ2v) is 7.39. The average molecular weight is 397 g/mol. The molecule has 4 aromatic rings.